The first kappa shape index (κ1) is 14.2. The summed E-state index contributed by atoms with van der Waals surface area (Å²) in [5.41, 5.74) is 0.945. The maximum atomic E-state index is 12.0. The maximum absolute atomic E-state index is 12.0. The number of fused-ring (bicyclic) bond motifs is 1. The van der Waals surface area contributed by atoms with E-state index in [1.807, 2.05) is 31.2 Å². The van der Waals surface area contributed by atoms with Crippen LogP contribution in [0.3, 0.4) is 0 Å². The van der Waals surface area contributed by atoms with Gasteiger partial charge in [0.25, 0.3) is 10.0 Å². The van der Waals surface area contributed by atoms with E-state index in [9.17, 15) is 8.42 Å². The van der Waals surface area contributed by atoms with Crippen LogP contribution in [0.25, 0.3) is 10.2 Å². The zero-order valence-corrected chi connectivity index (χ0v) is 12.9. The Morgan fingerprint density at radius 1 is 1.38 bits per heavy atom. The van der Waals surface area contributed by atoms with Gasteiger partial charge in [0.2, 0.25) is 0 Å². The van der Waals surface area contributed by atoms with Crippen molar-refractivity contribution in [2.75, 3.05) is 6.54 Å². The lowest BCUT2D eigenvalue weighted by Crippen LogP contribution is -2.27. The second kappa shape index (κ2) is 5.55. The predicted molar refractivity (Wildman–Crippen MR) is 81.8 cm³/mol. The molecule has 0 bridgehead atoms. The summed E-state index contributed by atoms with van der Waals surface area (Å²) in [5, 5.41) is 0.988. The van der Waals surface area contributed by atoms with Crippen LogP contribution in [0.2, 0.25) is 0 Å². The molecule has 0 amide bonds. The first-order valence-electron chi connectivity index (χ1n) is 6.40. The van der Waals surface area contributed by atoms with Crippen LogP contribution in [0.15, 0.2) is 41.8 Å². The number of aromatic amines is 1. The van der Waals surface area contributed by atoms with Crippen LogP contribution in [-0.4, -0.2) is 29.9 Å². The Balaban J connectivity index is 1.73. The fourth-order valence-electron chi connectivity index (χ4n) is 1.89. The van der Waals surface area contributed by atoms with Crippen LogP contribution in [0.5, 0.6) is 0 Å². The van der Waals surface area contributed by atoms with Crippen molar-refractivity contribution < 1.29 is 8.42 Å². The molecule has 1 atom stereocenters. The molecule has 6 nitrogen and oxygen atoms in total. The van der Waals surface area contributed by atoms with E-state index in [0.717, 1.165) is 15.2 Å². The van der Waals surface area contributed by atoms with Crippen molar-refractivity contribution in [3.63, 3.8) is 0 Å². The molecule has 2 heterocycles. The second-order valence-electron chi connectivity index (χ2n) is 4.69. The van der Waals surface area contributed by atoms with Gasteiger partial charge in [0.05, 0.1) is 27.7 Å². The van der Waals surface area contributed by atoms with E-state index in [0.29, 0.717) is 6.54 Å². The molecule has 0 saturated heterocycles. The third-order valence-corrected chi connectivity index (χ3v) is 5.69. The Hall–Kier alpha value is -1.77. The van der Waals surface area contributed by atoms with Gasteiger partial charge in [-0.25, -0.2) is 23.1 Å². The molecule has 0 radical (unpaired) electrons. The van der Waals surface area contributed by atoms with Crippen molar-refractivity contribution in [1.29, 1.82) is 0 Å². The van der Waals surface area contributed by atoms with Gasteiger partial charge in [0.1, 0.15) is 0 Å². The topological polar surface area (TPSA) is 87.7 Å². The van der Waals surface area contributed by atoms with Gasteiger partial charge in [-0.1, -0.05) is 19.1 Å². The summed E-state index contributed by atoms with van der Waals surface area (Å²) in [6, 6.07) is 7.88. The van der Waals surface area contributed by atoms with Crippen LogP contribution in [0.1, 0.15) is 17.8 Å². The van der Waals surface area contributed by atoms with E-state index in [-0.39, 0.29) is 10.9 Å². The normalized spacial score (nSPS) is 13.6. The van der Waals surface area contributed by atoms with Gasteiger partial charge in [-0.3, -0.25) is 0 Å². The van der Waals surface area contributed by atoms with E-state index in [1.54, 1.807) is 11.3 Å². The molecule has 0 aliphatic carbocycles. The van der Waals surface area contributed by atoms with Gasteiger partial charge in [-0.2, -0.15) is 0 Å². The number of H-pyrrole nitrogens is 1. The number of aromatic nitrogens is 3. The van der Waals surface area contributed by atoms with E-state index in [1.165, 1.54) is 12.5 Å². The van der Waals surface area contributed by atoms with Crippen molar-refractivity contribution in [1.82, 2.24) is 19.7 Å². The largest absolute Gasteiger partial charge is 0.335 e. The zero-order valence-electron chi connectivity index (χ0n) is 11.3. The highest BCUT2D eigenvalue weighted by Crippen LogP contribution is 2.27. The molecule has 0 saturated carbocycles. The van der Waals surface area contributed by atoms with Gasteiger partial charge >= 0.3 is 0 Å². The van der Waals surface area contributed by atoms with Gasteiger partial charge in [-0.05, 0) is 12.1 Å². The van der Waals surface area contributed by atoms with Crippen molar-refractivity contribution >= 4 is 31.6 Å². The first-order chi connectivity index (χ1) is 10.1. The first-order valence-corrected chi connectivity index (χ1v) is 8.70. The average molecular weight is 322 g/mol. The fourth-order valence-corrected chi connectivity index (χ4v) is 3.94. The molecule has 0 aliphatic heterocycles. The molecule has 2 N–H and O–H groups in total. The number of rotatable bonds is 5. The number of imidazole rings is 1. The van der Waals surface area contributed by atoms with Gasteiger partial charge in [0.15, 0.2) is 5.03 Å². The number of hydrogen-bond acceptors (Lipinski definition) is 5. The third-order valence-electron chi connectivity index (χ3n) is 3.07. The molecular weight excluding hydrogens is 308 g/mol. The number of thiazole rings is 1. The molecule has 3 aromatic rings. The van der Waals surface area contributed by atoms with Gasteiger partial charge < -0.3 is 4.98 Å². The molecule has 0 aliphatic rings. The van der Waals surface area contributed by atoms with Crippen LogP contribution >= 0.6 is 11.3 Å². The third kappa shape index (κ3) is 2.97. The smallest absolute Gasteiger partial charge is 0.257 e. The average Bonchev–Trinajstić information content (AvgIpc) is 3.13. The minimum absolute atomic E-state index is 0.0000893. The van der Waals surface area contributed by atoms with Crippen LogP contribution in [0, 0.1) is 0 Å². The second-order valence-corrected chi connectivity index (χ2v) is 7.49. The quantitative estimate of drug-likeness (QED) is 0.753. The highest BCUT2D eigenvalue weighted by Gasteiger charge is 2.18. The Labute approximate surface area is 126 Å². The van der Waals surface area contributed by atoms with Crippen LogP contribution in [-0.2, 0) is 10.0 Å². The molecule has 0 unspecified atom stereocenters. The van der Waals surface area contributed by atoms with Crippen LogP contribution in [0.4, 0.5) is 0 Å². The summed E-state index contributed by atoms with van der Waals surface area (Å²) in [5.74, 6) is 0.0000893. The summed E-state index contributed by atoms with van der Waals surface area (Å²) >= 11 is 1.59. The number of hydrogen-bond donors (Lipinski definition) is 2. The Morgan fingerprint density at radius 2 is 2.19 bits per heavy atom. The standard InChI is InChI=1S/C13H14N4O2S2/c1-9(6-16-21(18,19)12-7-14-8-15-12)13-17-10-4-2-3-5-11(10)20-13/h2-5,7-9,16H,6H2,1H3,(H,14,15)/t9-/m1/s1. The highest BCUT2D eigenvalue weighted by molar-refractivity contribution is 7.89. The Morgan fingerprint density at radius 3 is 2.90 bits per heavy atom. The molecule has 2 aromatic heterocycles. The lowest BCUT2D eigenvalue weighted by atomic mass is 10.2. The Kier molecular flexibility index (Phi) is 3.75. The van der Waals surface area contributed by atoms with E-state index in [2.05, 4.69) is 19.7 Å². The Bertz CT molecular complexity index is 807. The number of benzene rings is 1. The minimum Gasteiger partial charge on any atom is -0.335 e. The van der Waals surface area contributed by atoms with E-state index < -0.39 is 10.0 Å². The predicted octanol–water partition coefficient (Wildman–Crippen LogP) is 2.10. The zero-order chi connectivity index (χ0) is 14.9. The van der Waals surface area contributed by atoms with E-state index >= 15 is 0 Å². The monoisotopic (exact) mass is 322 g/mol. The summed E-state index contributed by atoms with van der Waals surface area (Å²) < 4.78 is 27.7. The molecule has 1 aromatic carbocycles. The summed E-state index contributed by atoms with van der Waals surface area (Å²) in [7, 11) is -3.54. The molecule has 110 valence electrons. The molecular formula is C13H14N4O2S2. The van der Waals surface area contributed by atoms with Crippen molar-refractivity contribution in [2.24, 2.45) is 0 Å². The van der Waals surface area contributed by atoms with Crippen molar-refractivity contribution in [2.45, 2.75) is 17.9 Å². The van der Waals surface area contributed by atoms with Crippen LogP contribution < -0.4 is 4.72 Å². The highest BCUT2D eigenvalue weighted by atomic mass is 32.2. The molecule has 8 heteroatoms. The minimum atomic E-state index is -3.54. The summed E-state index contributed by atoms with van der Waals surface area (Å²) in [4.78, 5) is 10.8. The molecule has 0 spiro atoms. The van der Waals surface area contributed by atoms with Crippen molar-refractivity contribution in [3.05, 3.63) is 41.8 Å². The number of nitrogens with one attached hydrogen (secondary N) is 2. The maximum Gasteiger partial charge on any atom is 0.257 e. The SMILES string of the molecule is C[C@H](CNS(=O)(=O)c1cnc[nH]1)c1nc2ccccc2s1. The molecule has 21 heavy (non-hydrogen) atoms. The fraction of sp³-hybridized carbons (Fsp3) is 0.231. The number of para-hydroxylation sites is 1. The van der Waals surface area contributed by atoms with E-state index in [4.69, 9.17) is 0 Å². The number of nitrogens with zero attached hydrogens (tertiary/aromatic N) is 2. The lowest BCUT2D eigenvalue weighted by molar-refractivity contribution is 0.571. The lowest BCUT2D eigenvalue weighted by Gasteiger charge is -2.09. The summed E-state index contributed by atoms with van der Waals surface area (Å²) in [6.45, 7) is 2.24. The molecule has 3 rings (SSSR count). The van der Waals surface area contributed by atoms with Gasteiger partial charge in [0, 0.05) is 12.5 Å². The number of sulfonamides is 1. The van der Waals surface area contributed by atoms with Gasteiger partial charge in [-0.15, -0.1) is 11.3 Å². The van der Waals surface area contributed by atoms with Crippen molar-refractivity contribution in [3.8, 4) is 0 Å². The summed E-state index contributed by atoms with van der Waals surface area (Å²) in [6.07, 6.45) is 2.62. The molecule has 0 fully saturated rings.